The zero-order chi connectivity index (χ0) is 13.0. The highest BCUT2D eigenvalue weighted by Gasteiger charge is 2.22. The molecule has 0 spiro atoms. The van der Waals surface area contributed by atoms with E-state index in [-0.39, 0.29) is 17.6 Å². The molecule has 1 amide bonds. The largest absolute Gasteiger partial charge is 0.376 e. The van der Waals surface area contributed by atoms with Crippen molar-refractivity contribution >= 4 is 5.91 Å². The van der Waals surface area contributed by atoms with Gasteiger partial charge in [-0.3, -0.25) is 9.59 Å². The lowest BCUT2D eigenvalue weighted by molar-refractivity contribution is 0.0539. The van der Waals surface area contributed by atoms with Crippen molar-refractivity contribution in [2.24, 2.45) is 0 Å². The third kappa shape index (κ3) is 2.98. The Morgan fingerprint density at radius 2 is 2.44 bits per heavy atom. The Labute approximate surface area is 106 Å². The van der Waals surface area contributed by atoms with Gasteiger partial charge < -0.3 is 14.6 Å². The minimum atomic E-state index is -0.256. The Morgan fingerprint density at radius 1 is 1.61 bits per heavy atom. The molecule has 98 valence electrons. The summed E-state index contributed by atoms with van der Waals surface area (Å²) >= 11 is 0. The molecule has 2 heterocycles. The van der Waals surface area contributed by atoms with Crippen LogP contribution in [0.2, 0.25) is 0 Å². The van der Waals surface area contributed by atoms with Gasteiger partial charge in [-0.2, -0.15) is 0 Å². The fraction of sp³-hybridized carbons (Fsp3) is 0.538. The number of pyridine rings is 1. The Morgan fingerprint density at radius 3 is 3.06 bits per heavy atom. The molecule has 0 bridgehead atoms. The van der Waals surface area contributed by atoms with Crippen LogP contribution in [0.5, 0.6) is 0 Å². The van der Waals surface area contributed by atoms with Crippen molar-refractivity contribution in [3.05, 3.63) is 34.2 Å². The van der Waals surface area contributed by atoms with Gasteiger partial charge in [-0.1, -0.05) is 0 Å². The van der Waals surface area contributed by atoms with Crippen molar-refractivity contribution in [3.8, 4) is 0 Å². The van der Waals surface area contributed by atoms with Gasteiger partial charge in [0.05, 0.1) is 6.10 Å². The molecular formula is C13H18N2O3. The van der Waals surface area contributed by atoms with E-state index in [4.69, 9.17) is 4.74 Å². The third-order valence-electron chi connectivity index (χ3n) is 3.14. The summed E-state index contributed by atoms with van der Waals surface area (Å²) in [6.45, 7) is 3.93. The number of aromatic nitrogens is 1. The molecule has 1 saturated heterocycles. The fourth-order valence-electron chi connectivity index (χ4n) is 2.15. The van der Waals surface area contributed by atoms with Gasteiger partial charge >= 0.3 is 0 Å². The van der Waals surface area contributed by atoms with Gasteiger partial charge in [-0.25, -0.2) is 0 Å². The Bertz CT molecular complexity index is 463. The first-order chi connectivity index (χ1) is 8.70. The predicted molar refractivity (Wildman–Crippen MR) is 67.6 cm³/mol. The molecule has 1 unspecified atom stereocenters. The molecule has 1 N–H and O–H groups in total. The van der Waals surface area contributed by atoms with E-state index in [2.05, 4.69) is 4.98 Å². The highest BCUT2D eigenvalue weighted by atomic mass is 16.5. The molecule has 5 nitrogen and oxygen atoms in total. The van der Waals surface area contributed by atoms with Gasteiger partial charge in [0.1, 0.15) is 0 Å². The number of nitrogens with zero attached hydrogens (tertiary/aromatic N) is 1. The number of nitrogens with one attached hydrogen (secondary N) is 1. The average molecular weight is 250 g/mol. The van der Waals surface area contributed by atoms with Crippen molar-refractivity contribution in [3.63, 3.8) is 0 Å². The first kappa shape index (κ1) is 12.8. The topological polar surface area (TPSA) is 62.4 Å². The molecule has 0 saturated carbocycles. The Kier molecular flexibility index (Phi) is 4.15. The number of likely N-dealkylation sites (N-methyl/N-ethyl adjacent to an activating group) is 1. The first-order valence-corrected chi connectivity index (χ1v) is 6.30. The van der Waals surface area contributed by atoms with Gasteiger partial charge in [0, 0.05) is 37.5 Å². The first-order valence-electron chi connectivity index (χ1n) is 6.30. The van der Waals surface area contributed by atoms with E-state index < -0.39 is 0 Å². The summed E-state index contributed by atoms with van der Waals surface area (Å²) in [4.78, 5) is 27.7. The van der Waals surface area contributed by atoms with Crippen LogP contribution in [0.4, 0.5) is 0 Å². The Balaban J connectivity index is 2.07. The summed E-state index contributed by atoms with van der Waals surface area (Å²) in [5, 5.41) is 0. The van der Waals surface area contributed by atoms with Crippen molar-refractivity contribution in [1.82, 2.24) is 9.88 Å². The molecule has 18 heavy (non-hydrogen) atoms. The number of rotatable bonds is 4. The van der Waals surface area contributed by atoms with E-state index in [0.29, 0.717) is 18.7 Å². The standard InChI is InChI=1S/C13H18N2O3/c1-2-15(9-11-4-3-7-18-11)13(17)10-5-6-14-12(16)8-10/h5-6,8,11H,2-4,7,9H2,1H3,(H,14,16). The van der Waals surface area contributed by atoms with Crippen LogP contribution < -0.4 is 5.56 Å². The lowest BCUT2D eigenvalue weighted by Gasteiger charge is -2.23. The van der Waals surface area contributed by atoms with Crippen LogP contribution in [0.15, 0.2) is 23.1 Å². The SMILES string of the molecule is CCN(CC1CCCO1)C(=O)c1cc[nH]c(=O)c1. The summed E-state index contributed by atoms with van der Waals surface area (Å²) in [6.07, 6.45) is 3.69. The summed E-state index contributed by atoms with van der Waals surface area (Å²) in [5.74, 6) is -0.112. The van der Waals surface area contributed by atoms with Crippen molar-refractivity contribution in [2.75, 3.05) is 19.7 Å². The summed E-state index contributed by atoms with van der Waals surface area (Å²) in [6, 6.07) is 2.96. The van der Waals surface area contributed by atoms with E-state index >= 15 is 0 Å². The van der Waals surface area contributed by atoms with Crippen LogP contribution in [0, 0.1) is 0 Å². The molecule has 1 atom stereocenters. The van der Waals surface area contributed by atoms with Crippen molar-refractivity contribution in [1.29, 1.82) is 0 Å². The average Bonchev–Trinajstić information content (AvgIpc) is 2.88. The Hall–Kier alpha value is -1.62. The van der Waals surface area contributed by atoms with Crippen LogP contribution >= 0.6 is 0 Å². The van der Waals surface area contributed by atoms with Gasteiger partial charge in [-0.15, -0.1) is 0 Å². The van der Waals surface area contributed by atoms with Gasteiger partial charge in [-0.05, 0) is 25.8 Å². The smallest absolute Gasteiger partial charge is 0.254 e. The molecule has 5 heteroatoms. The van der Waals surface area contributed by atoms with E-state index in [1.807, 2.05) is 6.92 Å². The zero-order valence-electron chi connectivity index (χ0n) is 10.5. The van der Waals surface area contributed by atoms with Crippen LogP contribution in [0.3, 0.4) is 0 Å². The highest BCUT2D eigenvalue weighted by Crippen LogP contribution is 2.14. The van der Waals surface area contributed by atoms with Gasteiger partial charge in [0.15, 0.2) is 0 Å². The van der Waals surface area contributed by atoms with E-state index in [1.165, 1.54) is 12.3 Å². The number of hydrogen-bond donors (Lipinski definition) is 1. The van der Waals surface area contributed by atoms with Crippen LogP contribution in [-0.2, 0) is 4.74 Å². The molecule has 0 aromatic carbocycles. The predicted octanol–water partition coefficient (Wildman–Crippen LogP) is 1.02. The maximum Gasteiger partial charge on any atom is 0.254 e. The minimum Gasteiger partial charge on any atom is -0.376 e. The molecule has 2 rings (SSSR count). The van der Waals surface area contributed by atoms with Crippen molar-refractivity contribution < 1.29 is 9.53 Å². The van der Waals surface area contributed by atoms with E-state index in [9.17, 15) is 9.59 Å². The summed E-state index contributed by atoms with van der Waals surface area (Å²) in [7, 11) is 0. The highest BCUT2D eigenvalue weighted by molar-refractivity contribution is 5.94. The fourth-order valence-corrected chi connectivity index (χ4v) is 2.15. The number of amides is 1. The van der Waals surface area contributed by atoms with E-state index in [1.54, 1.807) is 11.0 Å². The lowest BCUT2D eigenvalue weighted by Crippen LogP contribution is -2.37. The van der Waals surface area contributed by atoms with Crippen LogP contribution in [0.25, 0.3) is 0 Å². The van der Waals surface area contributed by atoms with Gasteiger partial charge in [0.25, 0.3) is 5.91 Å². The molecule has 1 aliphatic rings. The van der Waals surface area contributed by atoms with Crippen LogP contribution in [0.1, 0.15) is 30.1 Å². The number of carbonyl (C=O) groups is 1. The minimum absolute atomic E-state index is 0.112. The number of ether oxygens (including phenoxy) is 1. The molecule has 0 aliphatic carbocycles. The summed E-state index contributed by atoms with van der Waals surface area (Å²) < 4.78 is 5.53. The quantitative estimate of drug-likeness (QED) is 0.867. The molecule has 1 aromatic rings. The number of aromatic amines is 1. The number of hydrogen-bond acceptors (Lipinski definition) is 3. The zero-order valence-corrected chi connectivity index (χ0v) is 10.5. The number of carbonyl (C=O) groups excluding carboxylic acids is 1. The van der Waals surface area contributed by atoms with Crippen LogP contribution in [-0.4, -0.2) is 41.6 Å². The molecule has 1 aromatic heterocycles. The molecule has 0 radical (unpaired) electrons. The van der Waals surface area contributed by atoms with Crippen molar-refractivity contribution in [2.45, 2.75) is 25.9 Å². The monoisotopic (exact) mass is 250 g/mol. The normalized spacial score (nSPS) is 18.8. The lowest BCUT2D eigenvalue weighted by atomic mass is 10.2. The molecule has 1 fully saturated rings. The molecular weight excluding hydrogens is 232 g/mol. The summed E-state index contributed by atoms with van der Waals surface area (Å²) in [5.41, 5.74) is 0.174. The van der Waals surface area contributed by atoms with Gasteiger partial charge in [0.2, 0.25) is 5.56 Å². The molecule has 1 aliphatic heterocycles. The number of H-pyrrole nitrogens is 1. The second-order valence-electron chi connectivity index (χ2n) is 4.42. The maximum atomic E-state index is 12.2. The second kappa shape index (κ2) is 5.82. The third-order valence-corrected chi connectivity index (χ3v) is 3.14. The maximum absolute atomic E-state index is 12.2. The second-order valence-corrected chi connectivity index (χ2v) is 4.42. The van der Waals surface area contributed by atoms with E-state index in [0.717, 1.165) is 19.4 Å².